The summed E-state index contributed by atoms with van der Waals surface area (Å²) >= 11 is 0. The average Bonchev–Trinajstić information content (AvgIpc) is 2.77. The minimum Gasteiger partial charge on any atom is -0.370 e. The summed E-state index contributed by atoms with van der Waals surface area (Å²) in [5, 5.41) is 20.9. The maximum absolute atomic E-state index is 9.37. The maximum atomic E-state index is 9.37. The summed E-state index contributed by atoms with van der Waals surface area (Å²) in [6.07, 6.45) is 0.704. The van der Waals surface area contributed by atoms with Crippen LogP contribution < -0.4 is 0 Å². The zero-order valence-electron chi connectivity index (χ0n) is 10.6. The normalized spacial score (nSPS) is 17.4. The lowest BCUT2D eigenvalue weighted by atomic mass is 9.88. The van der Waals surface area contributed by atoms with Crippen LogP contribution in [-0.2, 0) is 17.8 Å². The standard InChI is InChI=1S/C12H13N5O/c1-7-10-6-18-12(2,3)4-8(10)9(5-13)11-14-15-16-17(7)11/h4,6H2,1-3H3. The van der Waals surface area contributed by atoms with Crippen molar-refractivity contribution in [3.8, 4) is 6.07 Å². The second kappa shape index (κ2) is 3.50. The van der Waals surface area contributed by atoms with Gasteiger partial charge < -0.3 is 4.74 Å². The van der Waals surface area contributed by atoms with Gasteiger partial charge in [0, 0.05) is 17.7 Å². The molecule has 0 spiro atoms. The van der Waals surface area contributed by atoms with Crippen molar-refractivity contribution in [3.05, 3.63) is 22.4 Å². The topological polar surface area (TPSA) is 76.1 Å². The van der Waals surface area contributed by atoms with Gasteiger partial charge in [0.15, 0.2) is 5.65 Å². The Bertz CT molecular complexity index is 680. The van der Waals surface area contributed by atoms with Crippen LogP contribution in [0.3, 0.4) is 0 Å². The highest BCUT2D eigenvalue weighted by Crippen LogP contribution is 2.32. The van der Waals surface area contributed by atoms with E-state index in [0.29, 0.717) is 24.2 Å². The third-order valence-corrected chi connectivity index (χ3v) is 3.44. The molecule has 0 unspecified atom stereocenters. The third kappa shape index (κ3) is 1.41. The van der Waals surface area contributed by atoms with Gasteiger partial charge in [-0.25, -0.2) is 0 Å². The van der Waals surface area contributed by atoms with Crippen LogP contribution in [0.1, 0.15) is 36.2 Å². The lowest BCUT2D eigenvalue weighted by Crippen LogP contribution is -2.33. The molecule has 1 aliphatic rings. The van der Waals surface area contributed by atoms with Crippen molar-refractivity contribution in [1.82, 2.24) is 20.0 Å². The largest absolute Gasteiger partial charge is 0.370 e. The van der Waals surface area contributed by atoms with E-state index in [9.17, 15) is 5.26 Å². The van der Waals surface area contributed by atoms with Gasteiger partial charge in [-0.2, -0.15) is 9.78 Å². The fraction of sp³-hybridized carbons (Fsp3) is 0.500. The minimum atomic E-state index is -0.253. The van der Waals surface area contributed by atoms with E-state index in [-0.39, 0.29) is 5.60 Å². The van der Waals surface area contributed by atoms with Crippen LogP contribution in [0.5, 0.6) is 0 Å². The van der Waals surface area contributed by atoms with Gasteiger partial charge >= 0.3 is 0 Å². The highest BCUT2D eigenvalue weighted by molar-refractivity contribution is 5.62. The van der Waals surface area contributed by atoms with Crippen molar-refractivity contribution in [3.63, 3.8) is 0 Å². The molecule has 6 heteroatoms. The SMILES string of the molecule is Cc1c2c(c(C#N)c3nnnn13)CC(C)(C)OC2. The molecular weight excluding hydrogens is 230 g/mol. The van der Waals surface area contributed by atoms with E-state index in [2.05, 4.69) is 21.6 Å². The number of aromatic nitrogens is 4. The van der Waals surface area contributed by atoms with Gasteiger partial charge in [0.2, 0.25) is 0 Å². The van der Waals surface area contributed by atoms with Crippen molar-refractivity contribution in [2.24, 2.45) is 0 Å². The van der Waals surface area contributed by atoms with Crippen molar-refractivity contribution in [1.29, 1.82) is 5.26 Å². The fourth-order valence-corrected chi connectivity index (χ4v) is 2.45. The van der Waals surface area contributed by atoms with E-state index in [0.717, 1.165) is 16.8 Å². The molecule has 2 aromatic rings. The Labute approximate surface area is 104 Å². The van der Waals surface area contributed by atoms with Crippen LogP contribution in [-0.4, -0.2) is 25.6 Å². The molecule has 3 rings (SSSR count). The molecule has 6 nitrogen and oxygen atoms in total. The number of tetrazole rings is 1. The Hall–Kier alpha value is -2.00. The minimum absolute atomic E-state index is 0.253. The summed E-state index contributed by atoms with van der Waals surface area (Å²) in [5.41, 5.74) is 3.85. The zero-order valence-corrected chi connectivity index (χ0v) is 10.6. The Kier molecular flexibility index (Phi) is 2.16. The monoisotopic (exact) mass is 243 g/mol. The molecule has 0 saturated carbocycles. The summed E-state index contributed by atoms with van der Waals surface area (Å²) < 4.78 is 7.42. The zero-order chi connectivity index (χ0) is 12.9. The number of nitrogens with zero attached hydrogens (tertiary/aromatic N) is 5. The second-order valence-corrected chi connectivity index (χ2v) is 5.17. The lowest BCUT2D eigenvalue weighted by molar-refractivity contribution is -0.0406. The summed E-state index contributed by atoms with van der Waals surface area (Å²) in [5.74, 6) is 0. The van der Waals surface area contributed by atoms with E-state index in [4.69, 9.17) is 4.74 Å². The number of nitriles is 1. The number of rotatable bonds is 0. The highest BCUT2D eigenvalue weighted by Gasteiger charge is 2.31. The predicted molar refractivity (Wildman–Crippen MR) is 62.8 cm³/mol. The third-order valence-electron chi connectivity index (χ3n) is 3.44. The van der Waals surface area contributed by atoms with Crippen LogP contribution in [0, 0.1) is 18.3 Å². The van der Waals surface area contributed by atoms with Gasteiger partial charge in [0.05, 0.1) is 12.2 Å². The molecule has 0 radical (unpaired) electrons. The molecule has 0 aliphatic carbocycles. The summed E-state index contributed by atoms with van der Waals surface area (Å²) in [4.78, 5) is 0. The first-order chi connectivity index (χ1) is 8.53. The van der Waals surface area contributed by atoms with Gasteiger partial charge in [-0.3, -0.25) is 0 Å². The van der Waals surface area contributed by atoms with Crippen molar-refractivity contribution in [2.45, 2.75) is 39.4 Å². The molecule has 0 aromatic carbocycles. The van der Waals surface area contributed by atoms with E-state index >= 15 is 0 Å². The fourth-order valence-electron chi connectivity index (χ4n) is 2.45. The molecule has 0 N–H and O–H groups in total. The average molecular weight is 243 g/mol. The first kappa shape index (κ1) is 11.1. The molecule has 3 heterocycles. The number of fused-ring (bicyclic) bond motifs is 2. The first-order valence-corrected chi connectivity index (χ1v) is 5.80. The maximum Gasteiger partial charge on any atom is 0.197 e. The van der Waals surface area contributed by atoms with Gasteiger partial charge in [-0.05, 0) is 36.8 Å². The van der Waals surface area contributed by atoms with Gasteiger partial charge in [-0.1, -0.05) is 0 Å². The Morgan fingerprint density at radius 2 is 2.17 bits per heavy atom. The van der Waals surface area contributed by atoms with Crippen molar-refractivity contribution >= 4 is 5.65 Å². The Balaban J connectivity index is 2.38. The molecule has 0 fully saturated rings. The smallest absolute Gasteiger partial charge is 0.197 e. The molecule has 1 aliphatic heterocycles. The molecule has 0 bridgehead atoms. The molecule has 0 saturated heterocycles. The summed E-state index contributed by atoms with van der Waals surface area (Å²) in [7, 11) is 0. The van der Waals surface area contributed by atoms with E-state index in [1.54, 1.807) is 4.52 Å². The lowest BCUT2D eigenvalue weighted by Gasteiger charge is -2.33. The van der Waals surface area contributed by atoms with Gasteiger partial charge in [0.25, 0.3) is 0 Å². The molecule has 18 heavy (non-hydrogen) atoms. The second-order valence-electron chi connectivity index (χ2n) is 5.17. The molecule has 0 atom stereocenters. The number of hydrogen-bond acceptors (Lipinski definition) is 5. The number of hydrogen-bond donors (Lipinski definition) is 0. The van der Waals surface area contributed by atoms with E-state index in [1.165, 1.54) is 0 Å². The van der Waals surface area contributed by atoms with Crippen LogP contribution in [0.4, 0.5) is 0 Å². The number of pyridine rings is 1. The van der Waals surface area contributed by atoms with Crippen LogP contribution in [0.2, 0.25) is 0 Å². The van der Waals surface area contributed by atoms with Crippen LogP contribution >= 0.6 is 0 Å². The summed E-state index contributed by atoms with van der Waals surface area (Å²) in [6, 6.07) is 2.23. The first-order valence-electron chi connectivity index (χ1n) is 5.80. The molecule has 0 amide bonds. The van der Waals surface area contributed by atoms with E-state index in [1.807, 2.05) is 20.8 Å². The Morgan fingerprint density at radius 1 is 1.39 bits per heavy atom. The highest BCUT2D eigenvalue weighted by atomic mass is 16.5. The van der Waals surface area contributed by atoms with E-state index < -0.39 is 0 Å². The molecule has 92 valence electrons. The van der Waals surface area contributed by atoms with Crippen molar-refractivity contribution in [2.75, 3.05) is 0 Å². The Morgan fingerprint density at radius 3 is 2.89 bits per heavy atom. The quantitative estimate of drug-likeness (QED) is 0.693. The number of aryl methyl sites for hydroxylation is 1. The predicted octanol–water partition coefficient (Wildman–Crippen LogP) is 1.16. The van der Waals surface area contributed by atoms with Gasteiger partial charge in [0.1, 0.15) is 11.6 Å². The van der Waals surface area contributed by atoms with Crippen LogP contribution in [0.15, 0.2) is 0 Å². The summed E-state index contributed by atoms with van der Waals surface area (Å²) in [6.45, 7) is 6.50. The molecule has 2 aromatic heterocycles. The molecular formula is C12H13N5O. The van der Waals surface area contributed by atoms with Gasteiger partial charge in [-0.15, -0.1) is 5.10 Å². The van der Waals surface area contributed by atoms with Crippen LogP contribution in [0.25, 0.3) is 5.65 Å². The van der Waals surface area contributed by atoms with Crippen molar-refractivity contribution < 1.29 is 4.74 Å². The number of ether oxygens (including phenoxy) is 1.